The number of rotatable bonds is 5. The maximum absolute atomic E-state index is 12.5. The fourth-order valence-electron chi connectivity index (χ4n) is 2.31. The molecule has 0 atom stereocenters. The van der Waals surface area contributed by atoms with Crippen LogP contribution in [0.2, 0.25) is 5.02 Å². The number of halogens is 1. The van der Waals surface area contributed by atoms with E-state index in [4.69, 9.17) is 17.3 Å². The van der Waals surface area contributed by atoms with E-state index >= 15 is 0 Å². The van der Waals surface area contributed by atoms with E-state index in [1.165, 1.54) is 0 Å². The van der Waals surface area contributed by atoms with Gasteiger partial charge in [0.15, 0.2) is 0 Å². The van der Waals surface area contributed by atoms with Gasteiger partial charge in [0.1, 0.15) is 0 Å². The number of nitrogens with zero attached hydrogens (tertiary/aromatic N) is 2. The second-order valence-electron chi connectivity index (χ2n) is 6.66. The second kappa shape index (κ2) is 6.72. The molecule has 0 aliphatic rings. The minimum absolute atomic E-state index is 0.128. The number of benzene rings is 1. The molecule has 0 saturated carbocycles. The smallest absolute Gasteiger partial charge is 0.254 e. The number of nitrogens with two attached hydrogens (primary N) is 1. The minimum atomic E-state index is -0.462. The molecule has 1 heterocycles. The van der Waals surface area contributed by atoms with Gasteiger partial charge in [0.25, 0.3) is 5.91 Å². The molecule has 1 amide bonds. The lowest BCUT2D eigenvalue weighted by Gasteiger charge is -2.19. The highest BCUT2D eigenvalue weighted by Crippen LogP contribution is 2.24. The molecule has 5 nitrogen and oxygen atoms in total. The lowest BCUT2D eigenvalue weighted by Crippen LogP contribution is -2.45. The van der Waals surface area contributed by atoms with Crippen molar-refractivity contribution in [1.29, 1.82) is 0 Å². The maximum Gasteiger partial charge on any atom is 0.254 e. The van der Waals surface area contributed by atoms with Crippen LogP contribution in [-0.4, -0.2) is 27.8 Å². The summed E-state index contributed by atoms with van der Waals surface area (Å²) in [6.45, 7) is 8.19. The van der Waals surface area contributed by atoms with Crippen LogP contribution in [0.25, 0.3) is 5.69 Å². The number of amides is 1. The lowest BCUT2D eigenvalue weighted by atomic mass is 10.0. The molecule has 1 aromatic carbocycles. The van der Waals surface area contributed by atoms with Gasteiger partial charge in [-0.3, -0.25) is 4.79 Å². The molecule has 0 bridgehead atoms. The Morgan fingerprint density at radius 1 is 1.43 bits per heavy atom. The quantitative estimate of drug-likeness (QED) is 0.882. The zero-order chi connectivity index (χ0) is 17.2. The van der Waals surface area contributed by atoms with E-state index < -0.39 is 5.54 Å². The number of nitrogens with one attached hydrogen (secondary N) is 1. The van der Waals surface area contributed by atoms with Crippen LogP contribution < -0.4 is 11.1 Å². The van der Waals surface area contributed by atoms with Crippen LogP contribution in [0.4, 0.5) is 0 Å². The first-order chi connectivity index (χ1) is 10.7. The topological polar surface area (TPSA) is 72.9 Å². The molecule has 0 unspecified atom stereocenters. The third kappa shape index (κ3) is 4.33. The van der Waals surface area contributed by atoms with Crippen LogP contribution in [0, 0.1) is 0 Å². The summed E-state index contributed by atoms with van der Waals surface area (Å²) >= 11 is 6.06. The van der Waals surface area contributed by atoms with Gasteiger partial charge in [0.05, 0.1) is 23.1 Å². The Balaban J connectivity index is 2.37. The van der Waals surface area contributed by atoms with Crippen molar-refractivity contribution in [3.63, 3.8) is 0 Å². The highest BCUT2D eigenvalue weighted by molar-refractivity contribution is 6.30. The summed E-state index contributed by atoms with van der Waals surface area (Å²) in [5, 5.41) is 7.88. The molecule has 124 valence electrons. The van der Waals surface area contributed by atoms with Gasteiger partial charge in [-0.05, 0) is 38.0 Å². The van der Waals surface area contributed by atoms with Crippen molar-refractivity contribution < 1.29 is 4.79 Å². The first-order valence-corrected chi connectivity index (χ1v) is 7.98. The molecule has 0 aliphatic carbocycles. The van der Waals surface area contributed by atoms with Gasteiger partial charge in [-0.1, -0.05) is 31.5 Å². The Morgan fingerprint density at radius 3 is 2.70 bits per heavy atom. The van der Waals surface area contributed by atoms with Crippen molar-refractivity contribution in [2.75, 3.05) is 6.54 Å². The van der Waals surface area contributed by atoms with Crippen LogP contribution in [0.5, 0.6) is 0 Å². The molecule has 2 rings (SSSR count). The predicted octanol–water partition coefficient (Wildman–Crippen LogP) is 3.12. The summed E-state index contributed by atoms with van der Waals surface area (Å²) in [4.78, 5) is 12.5. The summed E-state index contributed by atoms with van der Waals surface area (Å²) in [6, 6.07) is 7.40. The van der Waals surface area contributed by atoms with Crippen molar-refractivity contribution in [2.24, 2.45) is 5.73 Å². The Labute approximate surface area is 141 Å². The first kappa shape index (κ1) is 17.5. The number of aromatic nitrogens is 2. The van der Waals surface area contributed by atoms with Crippen LogP contribution in [0.15, 0.2) is 30.5 Å². The molecular weight excluding hydrogens is 312 g/mol. The highest BCUT2D eigenvalue weighted by atomic mass is 35.5. The average Bonchev–Trinajstić information content (AvgIpc) is 2.89. The lowest BCUT2D eigenvalue weighted by molar-refractivity contribution is 0.0944. The molecule has 23 heavy (non-hydrogen) atoms. The van der Waals surface area contributed by atoms with Gasteiger partial charge in [-0.25, -0.2) is 4.68 Å². The highest BCUT2D eigenvalue weighted by Gasteiger charge is 2.22. The van der Waals surface area contributed by atoms with Gasteiger partial charge in [0, 0.05) is 17.1 Å². The largest absolute Gasteiger partial charge is 0.350 e. The minimum Gasteiger partial charge on any atom is -0.350 e. The monoisotopic (exact) mass is 334 g/mol. The van der Waals surface area contributed by atoms with Gasteiger partial charge in [-0.15, -0.1) is 0 Å². The third-order valence-electron chi connectivity index (χ3n) is 3.36. The molecule has 6 heteroatoms. The number of carbonyl (C=O) groups is 1. The van der Waals surface area contributed by atoms with Crippen molar-refractivity contribution in [1.82, 2.24) is 15.1 Å². The molecule has 3 N–H and O–H groups in total. The number of carbonyl (C=O) groups excluding carboxylic acids is 1. The number of hydrogen-bond acceptors (Lipinski definition) is 3. The average molecular weight is 335 g/mol. The van der Waals surface area contributed by atoms with Gasteiger partial charge < -0.3 is 11.1 Å². The van der Waals surface area contributed by atoms with Crippen LogP contribution in [0.3, 0.4) is 0 Å². The summed E-state index contributed by atoms with van der Waals surface area (Å²) in [7, 11) is 0. The zero-order valence-electron chi connectivity index (χ0n) is 13.9. The van der Waals surface area contributed by atoms with Crippen molar-refractivity contribution >= 4 is 17.5 Å². The summed E-state index contributed by atoms with van der Waals surface area (Å²) in [6.07, 6.45) is 1.59. The van der Waals surface area contributed by atoms with Crippen molar-refractivity contribution in [2.45, 2.75) is 39.2 Å². The van der Waals surface area contributed by atoms with E-state index in [0.29, 0.717) is 17.1 Å². The second-order valence-corrected chi connectivity index (χ2v) is 7.10. The molecule has 0 spiro atoms. The molecule has 0 fully saturated rings. The molecule has 0 saturated heterocycles. The van der Waals surface area contributed by atoms with E-state index in [1.54, 1.807) is 16.9 Å². The van der Waals surface area contributed by atoms with E-state index in [1.807, 2.05) is 45.9 Å². The van der Waals surface area contributed by atoms with Crippen molar-refractivity contribution in [3.05, 3.63) is 46.7 Å². The Hall–Kier alpha value is -1.85. The molecule has 0 radical (unpaired) electrons. The van der Waals surface area contributed by atoms with Crippen LogP contribution in [-0.2, 0) is 0 Å². The third-order valence-corrected chi connectivity index (χ3v) is 3.59. The summed E-state index contributed by atoms with van der Waals surface area (Å²) in [5.41, 5.74) is 7.70. The van der Waals surface area contributed by atoms with Gasteiger partial charge in [0.2, 0.25) is 0 Å². The van der Waals surface area contributed by atoms with Crippen LogP contribution >= 0.6 is 11.6 Å². The van der Waals surface area contributed by atoms with E-state index in [-0.39, 0.29) is 11.8 Å². The van der Waals surface area contributed by atoms with E-state index in [9.17, 15) is 4.79 Å². The molecular formula is C17H23ClN4O. The normalized spacial score (nSPS) is 11.8. The van der Waals surface area contributed by atoms with E-state index in [2.05, 4.69) is 10.4 Å². The molecule has 1 aromatic heterocycles. The predicted molar refractivity (Wildman–Crippen MR) is 93.3 cm³/mol. The summed E-state index contributed by atoms with van der Waals surface area (Å²) < 4.78 is 1.76. The molecule has 2 aromatic rings. The zero-order valence-corrected chi connectivity index (χ0v) is 14.7. The summed E-state index contributed by atoms with van der Waals surface area (Å²) in [5.74, 6) is -0.0383. The Morgan fingerprint density at radius 2 is 2.13 bits per heavy atom. The molecule has 0 aliphatic heterocycles. The van der Waals surface area contributed by atoms with Crippen molar-refractivity contribution in [3.8, 4) is 5.69 Å². The van der Waals surface area contributed by atoms with Gasteiger partial charge >= 0.3 is 0 Å². The first-order valence-electron chi connectivity index (χ1n) is 7.60. The number of hydrogen-bond donors (Lipinski definition) is 2. The van der Waals surface area contributed by atoms with Gasteiger partial charge in [-0.2, -0.15) is 5.10 Å². The SMILES string of the molecule is CC(C)c1c(C(=O)NCC(C)(C)N)cnn1-c1cccc(Cl)c1. The fraction of sp³-hybridized carbons (Fsp3) is 0.412. The standard InChI is InChI=1S/C17H23ClN4O/c1-11(2)15-14(16(23)20-10-17(3,4)19)9-21-22(15)13-7-5-6-12(18)8-13/h5-9,11H,10,19H2,1-4H3,(H,20,23). The Kier molecular flexibility index (Phi) is 5.12. The maximum atomic E-state index is 12.5. The fourth-order valence-corrected chi connectivity index (χ4v) is 2.49. The van der Waals surface area contributed by atoms with Crippen LogP contribution in [0.1, 0.15) is 49.7 Å². The Bertz CT molecular complexity index is 701. The van der Waals surface area contributed by atoms with E-state index in [0.717, 1.165) is 11.4 Å².